The molecule has 0 saturated heterocycles. The van der Waals surface area contributed by atoms with Crippen LogP contribution in [-0.4, -0.2) is 0 Å². The van der Waals surface area contributed by atoms with Crippen LogP contribution in [0.4, 0.5) is 0 Å². The van der Waals surface area contributed by atoms with Gasteiger partial charge in [-0.05, 0) is 48.8 Å². The summed E-state index contributed by atoms with van der Waals surface area (Å²) in [6.07, 6.45) is 1.28. The third kappa shape index (κ3) is 2.87. The zero-order valence-electron chi connectivity index (χ0n) is 10.1. The molecule has 0 heterocycles. The fourth-order valence-electron chi connectivity index (χ4n) is 1.91. The van der Waals surface area contributed by atoms with Crippen molar-refractivity contribution < 1.29 is 0 Å². The third-order valence-corrected chi connectivity index (χ3v) is 2.92. The molecule has 1 aromatic rings. The van der Waals surface area contributed by atoms with E-state index < -0.39 is 0 Å². The fourth-order valence-corrected chi connectivity index (χ4v) is 1.91. The predicted octanol–water partition coefficient (Wildman–Crippen LogP) is 4.45. The molecule has 0 aliphatic rings. The van der Waals surface area contributed by atoms with Gasteiger partial charge in [0.05, 0.1) is 0 Å². The monoisotopic (exact) mass is 190 g/mol. The largest absolute Gasteiger partial charge is 0.0628 e. The van der Waals surface area contributed by atoms with Crippen molar-refractivity contribution in [3.63, 3.8) is 0 Å². The van der Waals surface area contributed by atoms with Crippen LogP contribution >= 0.6 is 0 Å². The molecule has 1 atom stereocenters. The van der Waals surface area contributed by atoms with Crippen molar-refractivity contribution in [2.75, 3.05) is 0 Å². The van der Waals surface area contributed by atoms with Gasteiger partial charge in [0.25, 0.3) is 0 Å². The Balaban J connectivity index is 2.80. The van der Waals surface area contributed by atoms with Crippen LogP contribution in [0.3, 0.4) is 0 Å². The van der Waals surface area contributed by atoms with Gasteiger partial charge in [-0.2, -0.15) is 0 Å². The zero-order valence-corrected chi connectivity index (χ0v) is 10.1. The number of benzene rings is 1. The van der Waals surface area contributed by atoms with Crippen molar-refractivity contribution in [3.8, 4) is 0 Å². The minimum absolute atomic E-state index is 0.689. The Kier molecular flexibility index (Phi) is 3.74. The van der Waals surface area contributed by atoms with E-state index in [1.807, 2.05) is 0 Å². The standard InChI is InChI=1S/C14H22/c1-10(2)8-13(5)14-7-6-11(3)12(4)9-14/h6-7,9-10,13H,8H2,1-5H3. The first-order chi connectivity index (χ1) is 6.50. The number of aryl methyl sites for hydroxylation is 2. The summed E-state index contributed by atoms with van der Waals surface area (Å²) in [5.74, 6) is 1.47. The highest BCUT2D eigenvalue weighted by atomic mass is 14.1. The lowest BCUT2D eigenvalue weighted by atomic mass is 9.90. The lowest BCUT2D eigenvalue weighted by molar-refractivity contribution is 0.523. The summed E-state index contributed by atoms with van der Waals surface area (Å²) >= 11 is 0. The molecule has 0 saturated carbocycles. The first-order valence-corrected chi connectivity index (χ1v) is 5.58. The van der Waals surface area contributed by atoms with E-state index in [2.05, 4.69) is 52.8 Å². The minimum Gasteiger partial charge on any atom is -0.0628 e. The number of rotatable bonds is 3. The molecule has 14 heavy (non-hydrogen) atoms. The SMILES string of the molecule is Cc1ccc(C(C)CC(C)C)cc1C. The van der Waals surface area contributed by atoms with Gasteiger partial charge in [-0.25, -0.2) is 0 Å². The second-order valence-electron chi connectivity index (χ2n) is 4.87. The van der Waals surface area contributed by atoms with Crippen molar-refractivity contribution in [2.45, 2.75) is 47.0 Å². The van der Waals surface area contributed by atoms with Gasteiger partial charge in [-0.15, -0.1) is 0 Å². The van der Waals surface area contributed by atoms with Gasteiger partial charge in [0.15, 0.2) is 0 Å². The highest BCUT2D eigenvalue weighted by molar-refractivity contribution is 5.31. The van der Waals surface area contributed by atoms with Crippen molar-refractivity contribution in [1.82, 2.24) is 0 Å². The van der Waals surface area contributed by atoms with E-state index in [0.717, 1.165) is 5.92 Å². The molecule has 0 N–H and O–H groups in total. The molecule has 0 aliphatic carbocycles. The highest BCUT2D eigenvalue weighted by Gasteiger charge is 2.08. The minimum atomic E-state index is 0.689. The molecule has 78 valence electrons. The zero-order chi connectivity index (χ0) is 10.7. The molecule has 0 bridgehead atoms. The van der Waals surface area contributed by atoms with E-state index >= 15 is 0 Å². The Bertz CT molecular complexity index is 297. The molecule has 0 nitrogen and oxygen atoms in total. The maximum atomic E-state index is 2.34. The van der Waals surface area contributed by atoms with Crippen LogP contribution in [0, 0.1) is 19.8 Å². The molecule has 0 spiro atoms. The topological polar surface area (TPSA) is 0 Å². The number of hydrogen-bond donors (Lipinski definition) is 0. The van der Waals surface area contributed by atoms with E-state index in [-0.39, 0.29) is 0 Å². The normalized spacial score (nSPS) is 13.3. The molecule has 1 unspecified atom stereocenters. The molecular weight excluding hydrogens is 168 g/mol. The maximum Gasteiger partial charge on any atom is -0.0188 e. The van der Waals surface area contributed by atoms with Crippen LogP contribution in [0.1, 0.15) is 49.8 Å². The van der Waals surface area contributed by atoms with Gasteiger partial charge in [0.2, 0.25) is 0 Å². The maximum absolute atomic E-state index is 2.34. The Morgan fingerprint density at radius 1 is 1.00 bits per heavy atom. The van der Waals surface area contributed by atoms with Crippen LogP contribution in [0.15, 0.2) is 18.2 Å². The van der Waals surface area contributed by atoms with E-state index in [9.17, 15) is 0 Å². The van der Waals surface area contributed by atoms with E-state index in [4.69, 9.17) is 0 Å². The fraction of sp³-hybridized carbons (Fsp3) is 0.571. The van der Waals surface area contributed by atoms with Crippen LogP contribution < -0.4 is 0 Å². The molecule has 0 aliphatic heterocycles. The molecule has 0 heteroatoms. The van der Waals surface area contributed by atoms with Crippen LogP contribution in [0.2, 0.25) is 0 Å². The van der Waals surface area contributed by atoms with Crippen LogP contribution in [-0.2, 0) is 0 Å². The summed E-state index contributed by atoms with van der Waals surface area (Å²) in [5.41, 5.74) is 4.30. The molecule has 0 fully saturated rings. The summed E-state index contributed by atoms with van der Waals surface area (Å²) < 4.78 is 0. The average molecular weight is 190 g/mol. The van der Waals surface area contributed by atoms with Gasteiger partial charge in [0, 0.05) is 0 Å². The molecular formula is C14H22. The first-order valence-electron chi connectivity index (χ1n) is 5.58. The van der Waals surface area contributed by atoms with Gasteiger partial charge >= 0.3 is 0 Å². The average Bonchev–Trinajstić information content (AvgIpc) is 2.08. The Hall–Kier alpha value is -0.780. The van der Waals surface area contributed by atoms with E-state index in [1.165, 1.54) is 23.1 Å². The smallest absolute Gasteiger partial charge is 0.0188 e. The van der Waals surface area contributed by atoms with Gasteiger partial charge in [-0.3, -0.25) is 0 Å². The Morgan fingerprint density at radius 2 is 1.64 bits per heavy atom. The second-order valence-corrected chi connectivity index (χ2v) is 4.87. The van der Waals surface area contributed by atoms with Crippen molar-refractivity contribution >= 4 is 0 Å². The first kappa shape index (κ1) is 11.3. The molecule has 1 aromatic carbocycles. The summed E-state index contributed by atoms with van der Waals surface area (Å²) in [6, 6.07) is 6.85. The second kappa shape index (κ2) is 4.63. The molecule has 0 aromatic heterocycles. The number of hydrogen-bond acceptors (Lipinski definition) is 0. The Labute approximate surface area is 88.4 Å². The van der Waals surface area contributed by atoms with Crippen molar-refractivity contribution in [1.29, 1.82) is 0 Å². The van der Waals surface area contributed by atoms with E-state index in [0.29, 0.717) is 5.92 Å². The summed E-state index contributed by atoms with van der Waals surface area (Å²) in [5, 5.41) is 0. The van der Waals surface area contributed by atoms with E-state index in [1.54, 1.807) is 0 Å². The molecule has 0 amide bonds. The summed E-state index contributed by atoms with van der Waals surface area (Å²) in [4.78, 5) is 0. The van der Waals surface area contributed by atoms with Crippen LogP contribution in [0.25, 0.3) is 0 Å². The van der Waals surface area contributed by atoms with Gasteiger partial charge in [-0.1, -0.05) is 39.0 Å². The lowest BCUT2D eigenvalue weighted by Crippen LogP contribution is -1.99. The molecule has 0 radical (unpaired) electrons. The Morgan fingerprint density at radius 3 is 2.14 bits per heavy atom. The predicted molar refractivity (Wildman–Crippen MR) is 63.8 cm³/mol. The summed E-state index contributed by atoms with van der Waals surface area (Å²) in [7, 11) is 0. The highest BCUT2D eigenvalue weighted by Crippen LogP contribution is 2.24. The third-order valence-electron chi connectivity index (χ3n) is 2.92. The van der Waals surface area contributed by atoms with Crippen LogP contribution in [0.5, 0.6) is 0 Å². The van der Waals surface area contributed by atoms with Crippen molar-refractivity contribution in [2.24, 2.45) is 5.92 Å². The van der Waals surface area contributed by atoms with Gasteiger partial charge < -0.3 is 0 Å². The van der Waals surface area contributed by atoms with Crippen molar-refractivity contribution in [3.05, 3.63) is 34.9 Å². The van der Waals surface area contributed by atoms with Gasteiger partial charge in [0.1, 0.15) is 0 Å². The molecule has 1 rings (SSSR count). The lowest BCUT2D eigenvalue weighted by Gasteiger charge is -2.15. The quantitative estimate of drug-likeness (QED) is 0.660. The summed E-state index contributed by atoms with van der Waals surface area (Å²) in [6.45, 7) is 11.3.